The van der Waals surface area contributed by atoms with Gasteiger partial charge in [-0.3, -0.25) is 0 Å². The molecule has 0 bridgehead atoms. The summed E-state index contributed by atoms with van der Waals surface area (Å²) >= 11 is 0. The number of allylic oxidation sites excluding steroid dienone is 2. The summed E-state index contributed by atoms with van der Waals surface area (Å²) in [6, 6.07) is 8.86. The normalized spacial score (nSPS) is 16.7. The van der Waals surface area contributed by atoms with Crippen LogP contribution < -0.4 is 5.32 Å². The van der Waals surface area contributed by atoms with Crippen LogP contribution in [0.25, 0.3) is 0 Å². The van der Waals surface area contributed by atoms with E-state index in [4.69, 9.17) is 14.7 Å². The average molecular weight is 354 g/mol. The molecule has 0 saturated carbocycles. The van der Waals surface area contributed by atoms with E-state index in [2.05, 4.69) is 11.4 Å². The molecular formula is C20H22N2O4. The predicted molar refractivity (Wildman–Crippen MR) is 95.7 cm³/mol. The van der Waals surface area contributed by atoms with Gasteiger partial charge in [-0.1, -0.05) is 19.1 Å². The molecule has 0 fully saturated rings. The fourth-order valence-corrected chi connectivity index (χ4v) is 3.00. The first-order chi connectivity index (χ1) is 12.4. The molecule has 0 spiro atoms. The van der Waals surface area contributed by atoms with Gasteiger partial charge >= 0.3 is 11.9 Å². The van der Waals surface area contributed by atoms with E-state index >= 15 is 0 Å². The van der Waals surface area contributed by atoms with E-state index in [0.717, 1.165) is 0 Å². The number of nitrogens with one attached hydrogen (secondary N) is 1. The minimum atomic E-state index is -0.624. The van der Waals surface area contributed by atoms with Crippen LogP contribution in [0.4, 0.5) is 0 Å². The maximum absolute atomic E-state index is 12.7. The van der Waals surface area contributed by atoms with Gasteiger partial charge in [0, 0.05) is 11.4 Å². The molecule has 1 aliphatic heterocycles. The third kappa shape index (κ3) is 3.77. The molecule has 6 heteroatoms. The van der Waals surface area contributed by atoms with Gasteiger partial charge in [-0.15, -0.1) is 0 Å². The largest absolute Gasteiger partial charge is 0.466 e. The van der Waals surface area contributed by atoms with Crippen molar-refractivity contribution in [3.63, 3.8) is 0 Å². The molecule has 0 amide bonds. The molecule has 0 radical (unpaired) electrons. The molecule has 0 aromatic heterocycles. The zero-order chi connectivity index (χ0) is 19.3. The topological polar surface area (TPSA) is 88.4 Å². The third-order valence-electron chi connectivity index (χ3n) is 4.20. The van der Waals surface area contributed by atoms with Gasteiger partial charge in [0.1, 0.15) is 0 Å². The zero-order valence-corrected chi connectivity index (χ0v) is 15.4. The number of nitriles is 1. The minimum absolute atomic E-state index is 0.298. The number of methoxy groups -OCH3 is 1. The summed E-state index contributed by atoms with van der Waals surface area (Å²) in [5, 5.41) is 12.1. The summed E-state index contributed by atoms with van der Waals surface area (Å²) in [7, 11) is 1.30. The van der Waals surface area contributed by atoms with E-state index in [0.29, 0.717) is 46.7 Å². The standard InChI is InChI=1S/C20H22N2O4/c1-5-10-26-20(24)17-13(3)22-12(2)16(19(23)25-4)18(17)15-8-6-14(11-21)7-9-15/h6-9,18,22H,5,10H2,1-4H3. The van der Waals surface area contributed by atoms with E-state index in [1.54, 1.807) is 38.1 Å². The van der Waals surface area contributed by atoms with E-state index in [1.165, 1.54) is 7.11 Å². The maximum atomic E-state index is 12.7. The van der Waals surface area contributed by atoms with Crippen molar-refractivity contribution in [2.24, 2.45) is 0 Å². The van der Waals surface area contributed by atoms with Gasteiger partial charge in [0.15, 0.2) is 0 Å². The molecular weight excluding hydrogens is 332 g/mol. The third-order valence-corrected chi connectivity index (χ3v) is 4.20. The number of rotatable bonds is 5. The van der Waals surface area contributed by atoms with E-state index in [-0.39, 0.29) is 0 Å². The highest BCUT2D eigenvalue weighted by atomic mass is 16.5. The summed E-state index contributed by atoms with van der Waals surface area (Å²) < 4.78 is 10.3. The molecule has 1 aromatic rings. The smallest absolute Gasteiger partial charge is 0.336 e. The second-order valence-electron chi connectivity index (χ2n) is 6.00. The minimum Gasteiger partial charge on any atom is -0.466 e. The molecule has 6 nitrogen and oxygen atoms in total. The monoisotopic (exact) mass is 354 g/mol. The van der Waals surface area contributed by atoms with Crippen LogP contribution in [0.3, 0.4) is 0 Å². The molecule has 2 rings (SSSR count). The van der Waals surface area contributed by atoms with E-state index < -0.39 is 17.9 Å². The fourth-order valence-electron chi connectivity index (χ4n) is 3.00. The summed E-state index contributed by atoms with van der Waals surface area (Å²) in [4.78, 5) is 25.1. The van der Waals surface area contributed by atoms with Crippen molar-refractivity contribution in [1.29, 1.82) is 5.26 Å². The highest BCUT2D eigenvalue weighted by molar-refractivity contribution is 5.99. The summed E-state index contributed by atoms with van der Waals surface area (Å²) in [6.07, 6.45) is 0.700. The van der Waals surface area contributed by atoms with Crippen LogP contribution in [0.2, 0.25) is 0 Å². The van der Waals surface area contributed by atoms with Crippen molar-refractivity contribution in [2.45, 2.75) is 33.1 Å². The Morgan fingerprint density at radius 3 is 2.19 bits per heavy atom. The molecule has 0 saturated heterocycles. The van der Waals surface area contributed by atoms with Crippen LogP contribution in [0.5, 0.6) is 0 Å². The van der Waals surface area contributed by atoms with Crippen molar-refractivity contribution < 1.29 is 19.1 Å². The highest BCUT2D eigenvalue weighted by Crippen LogP contribution is 2.39. The molecule has 0 aliphatic carbocycles. The number of carbonyl (C=O) groups excluding carboxylic acids is 2. The number of dihydropyridines is 1. The van der Waals surface area contributed by atoms with Gasteiger partial charge in [0.25, 0.3) is 0 Å². The van der Waals surface area contributed by atoms with Gasteiger partial charge in [-0.2, -0.15) is 5.26 Å². The number of carbonyl (C=O) groups is 2. The van der Waals surface area contributed by atoms with Gasteiger partial charge in [-0.25, -0.2) is 9.59 Å². The Bertz CT molecular complexity index is 813. The Morgan fingerprint density at radius 2 is 1.69 bits per heavy atom. The zero-order valence-electron chi connectivity index (χ0n) is 15.4. The van der Waals surface area contributed by atoms with Crippen LogP contribution in [0.1, 0.15) is 44.2 Å². The van der Waals surface area contributed by atoms with Crippen molar-refractivity contribution in [1.82, 2.24) is 5.32 Å². The molecule has 1 aromatic carbocycles. The first-order valence-corrected chi connectivity index (χ1v) is 8.38. The van der Waals surface area contributed by atoms with E-state index in [1.807, 2.05) is 6.92 Å². The lowest BCUT2D eigenvalue weighted by Crippen LogP contribution is -2.32. The second-order valence-corrected chi connectivity index (χ2v) is 6.00. The van der Waals surface area contributed by atoms with Crippen LogP contribution in [-0.2, 0) is 19.1 Å². The van der Waals surface area contributed by atoms with Crippen molar-refractivity contribution >= 4 is 11.9 Å². The first kappa shape index (κ1) is 19.3. The van der Waals surface area contributed by atoms with Crippen LogP contribution in [0.15, 0.2) is 46.8 Å². The van der Waals surface area contributed by atoms with Crippen LogP contribution in [0, 0.1) is 11.3 Å². The Hall–Kier alpha value is -3.07. The summed E-state index contributed by atoms with van der Waals surface area (Å²) in [6.45, 7) is 5.75. The Labute approximate surface area is 153 Å². The Balaban J connectivity index is 2.60. The van der Waals surface area contributed by atoms with E-state index in [9.17, 15) is 9.59 Å². The quantitative estimate of drug-likeness (QED) is 0.818. The van der Waals surface area contributed by atoms with Gasteiger partial charge < -0.3 is 14.8 Å². The number of nitrogens with zero attached hydrogens (tertiary/aromatic N) is 1. The van der Waals surface area contributed by atoms with Crippen LogP contribution >= 0.6 is 0 Å². The summed E-state index contributed by atoms with van der Waals surface area (Å²) in [5.41, 5.74) is 3.19. The van der Waals surface area contributed by atoms with Gasteiger partial charge in [-0.05, 0) is 38.0 Å². The van der Waals surface area contributed by atoms with Crippen molar-refractivity contribution in [3.05, 3.63) is 57.9 Å². The summed E-state index contributed by atoms with van der Waals surface area (Å²) in [5.74, 6) is -1.61. The fraction of sp³-hybridized carbons (Fsp3) is 0.350. The highest BCUT2D eigenvalue weighted by Gasteiger charge is 2.37. The molecule has 1 aliphatic rings. The molecule has 1 heterocycles. The molecule has 26 heavy (non-hydrogen) atoms. The lowest BCUT2D eigenvalue weighted by Gasteiger charge is -2.30. The molecule has 1 atom stereocenters. The van der Waals surface area contributed by atoms with Crippen molar-refractivity contribution in [2.75, 3.05) is 13.7 Å². The number of hydrogen-bond acceptors (Lipinski definition) is 6. The number of ether oxygens (including phenoxy) is 2. The first-order valence-electron chi connectivity index (χ1n) is 8.38. The molecule has 1 unspecified atom stereocenters. The van der Waals surface area contributed by atoms with Gasteiger partial charge in [0.2, 0.25) is 0 Å². The predicted octanol–water partition coefficient (Wildman–Crippen LogP) is 2.92. The maximum Gasteiger partial charge on any atom is 0.336 e. The van der Waals surface area contributed by atoms with Crippen LogP contribution in [-0.4, -0.2) is 25.7 Å². The SMILES string of the molecule is CCCOC(=O)C1=C(C)NC(C)=C(C(=O)OC)C1c1ccc(C#N)cc1. The average Bonchev–Trinajstić information content (AvgIpc) is 2.65. The number of benzene rings is 1. The second kappa shape index (κ2) is 8.34. The molecule has 1 N–H and O–H groups in total. The van der Waals surface area contributed by atoms with Crippen molar-refractivity contribution in [3.8, 4) is 6.07 Å². The lowest BCUT2D eigenvalue weighted by molar-refractivity contribution is -0.139. The van der Waals surface area contributed by atoms with Gasteiger partial charge in [0.05, 0.1) is 42.4 Å². The Kier molecular flexibility index (Phi) is 6.18. The number of esters is 2. The lowest BCUT2D eigenvalue weighted by atomic mass is 9.80. The molecule has 136 valence electrons. The number of hydrogen-bond donors (Lipinski definition) is 1. The Morgan fingerprint density at radius 1 is 1.12 bits per heavy atom.